The lowest BCUT2D eigenvalue weighted by Gasteiger charge is -2.17. The Hall–Kier alpha value is 0.660. The third-order valence-corrected chi connectivity index (χ3v) is 3.70. The number of hydrogen-bond acceptors (Lipinski definition) is 0. The zero-order chi connectivity index (χ0) is 7.72. The molecule has 2 unspecified atom stereocenters. The first kappa shape index (κ1) is 8.75. The summed E-state index contributed by atoms with van der Waals surface area (Å²) in [7, 11) is 0. The molecule has 1 fully saturated rings. The zero-order valence-electron chi connectivity index (χ0n) is 6.48. The normalized spacial score (nSPS) is 41.1. The first-order valence-corrected chi connectivity index (χ1v) is 5.15. The van der Waals surface area contributed by atoms with Gasteiger partial charge in [-0.3, -0.25) is 0 Å². The molecule has 0 heterocycles. The van der Waals surface area contributed by atoms with Crippen LogP contribution in [0.15, 0.2) is 0 Å². The van der Waals surface area contributed by atoms with E-state index in [1.165, 1.54) is 0 Å². The van der Waals surface area contributed by atoms with Crippen LogP contribution in [0.5, 0.6) is 0 Å². The van der Waals surface area contributed by atoms with E-state index in [1.807, 2.05) is 0 Å². The average Bonchev–Trinajstić information content (AvgIpc) is 2.14. The van der Waals surface area contributed by atoms with E-state index in [0.717, 1.165) is 12.8 Å². The van der Waals surface area contributed by atoms with Crippen LogP contribution in [-0.2, 0) is 0 Å². The molecule has 0 nitrogen and oxygen atoms in total. The first-order chi connectivity index (χ1) is 4.63. The zero-order valence-corrected chi connectivity index (χ0v) is 8.64. The van der Waals surface area contributed by atoms with E-state index in [1.54, 1.807) is 0 Å². The lowest BCUT2D eigenvalue weighted by Crippen LogP contribution is -2.19. The molecule has 0 bridgehead atoms. The summed E-state index contributed by atoms with van der Waals surface area (Å²) in [6.07, 6.45) is 1.62. The lowest BCUT2D eigenvalue weighted by molar-refractivity contribution is 0.221. The molecule has 0 aromatic carbocycles. The highest BCUT2D eigenvalue weighted by molar-refractivity contribution is 14.1. The molecular weight excluding hydrogens is 242 g/mol. The molecule has 1 aliphatic rings. The molecule has 1 saturated carbocycles. The van der Waals surface area contributed by atoms with Crippen molar-refractivity contribution in [1.82, 2.24) is 0 Å². The van der Waals surface area contributed by atoms with Gasteiger partial charge < -0.3 is 0 Å². The Labute approximate surface area is 75.7 Å². The molecule has 10 heavy (non-hydrogen) atoms. The summed E-state index contributed by atoms with van der Waals surface area (Å²) in [4.78, 5) is 0. The molecule has 0 spiro atoms. The maximum atomic E-state index is 13.2. The molecular formula is C8H14FI. The minimum Gasteiger partial charge on any atom is -0.246 e. The minimum absolute atomic E-state index is 0.282. The van der Waals surface area contributed by atoms with Gasteiger partial charge >= 0.3 is 0 Å². The van der Waals surface area contributed by atoms with Gasteiger partial charge in [0.05, 0.1) is 0 Å². The minimum atomic E-state index is -0.541. The van der Waals surface area contributed by atoms with Crippen molar-refractivity contribution in [2.75, 3.05) is 0 Å². The van der Waals surface area contributed by atoms with Crippen molar-refractivity contribution in [3.8, 4) is 0 Å². The monoisotopic (exact) mass is 256 g/mol. The molecule has 0 aromatic rings. The van der Waals surface area contributed by atoms with Gasteiger partial charge in [-0.15, -0.1) is 0 Å². The molecule has 0 aromatic heterocycles. The van der Waals surface area contributed by atoms with Gasteiger partial charge in [-0.05, 0) is 24.7 Å². The fraction of sp³-hybridized carbons (Fsp3) is 1.00. The first-order valence-electron chi connectivity index (χ1n) is 3.91. The van der Waals surface area contributed by atoms with Crippen molar-refractivity contribution in [2.45, 2.75) is 36.8 Å². The molecule has 0 saturated heterocycles. The van der Waals surface area contributed by atoms with Crippen LogP contribution in [0, 0.1) is 11.8 Å². The third kappa shape index (κ3) is 1.63. The molecule has 1 aliphatic carbocycles. The summed E-state index contributed by atoms with van der Waals surface area (Å²) in [6.45, 7) is 4.23. The largest absolute Gasteiger partial charge is 0.246 e. The molecule has 0 radical (unpaired) electrons. The molecule has 1 rings (SSSR count). The van der Waals surface area contributed by atoms with Gasteiger partial charge in [-0.1, -0.05) is 36.4 Å². The Morgan fingerprint density at radius 3 is 2.20 bits per heavy atom. The van der Waals surface area contributed by atoms with Crippen molar-refractivity contribution in [2.24, 2.45) is 11.8 Å². The molecule has 2 heteroatoms. The second-order valence-electron chi connectivity index (χ2n) is 3.45. The number of hydrogen-bond donors (Lipinski definition) is 0. The maximum absolute atomic E-state index is 13.2. The van der Waals surface area contributed by atoms with Crippen LogP contribution in [0.1, 0.15) is 26.7 Å². The van der Waals surface area contributed by atoms with Crippen molar-refractivity contribution in [3.05, 3.63) is 0 Å². The van der Waals surface area contributed by atoms with E-state index in [-0.39, 0.29) is 3.92 Å². The van der Waals surface area contributed by atoms with Crippen LogP contribution in [0.2, 0.25) is 0 Å². The van der Waals surface area contributed by atoms with Crippen LogP contribution in [-0.4, -0.2) is 10.1 Å². The predicted octanol–water partition coefficient (Wildman–Crippen LogP) is 3.19. The van der Waals surface area contributed by atoms with Crippen LogP contribution < -0.4 is 0 Å². The summed E-state index contributed by atoms with van der Waals surface area (Å²) in [6, 6.07) is 0. The summed E-state index contributed by atoms with van der Waals surface area (Å²) < 4.78 is 13.5. The average molecular weight is 256 g/mol. The molecule has 0 amide bonds. The molecule has 0 N–H and O–H groups in total. The highest BCUT2D eigenvalue weighted by Crippen LogP contribution is 2.37. The van der Waals surface area contributed by atoms with Crippen molar-refractivity contribution < 1.29 is 4.39 Å². The topological polar surface area (TPSA) is 0 Å². The Bertz CT molecular complexity index is 114. The molecule has 60 valence electrons. The van der Waals surface area contributed by atoms with Crippen LogP contribution in [0.25, 0.3) is 0 Å². The van der Waals surface area contributed by atoms with Crippen LogP contribution >= 0.6 is 22.6 Å². The Morgan fingerprint density at radius 1 is 1.40 bits per heavy atom. The molecule has 3 atom stereocenters. The summed E-state index contributed by atoms with van der Waals surface area (Å²) >= 11 is 2.23. The van der Waals surface area contributed by atoms with Gasteiger partial charge in [0.2, 0.25) is 0 Å². The second kappa shape index (κ2) is 3.37. The lowest BCUT2D eigenvalue weighted by atomic mass is 9.93. The van der Waals surface area contributed by atoms with Gasteiger partial charge in [0, 0.05) is 3.92 Å². The van der Waals surface area contributed by atoms with Crippen molar-refractivity contribution >= 4 is 22.6 Å². The number of alkyl halides is 2. The number of rotatable bonds is 1. The predicted molar refractivity (Wildman–Crippen MR) is 50.3 cm³/mol. The Morgan fingerprint density at radius 2 is 2.00 bits per heavy atom. The van der Waals surface area contributed by atoms with E-state index in [0.29, 0.717) is 11.8 Å². The highest BCUT2D eigenvalue weighted by atomic mass is 127. The van der Waals surface area contributed by atoms with E-state index < -0.39 is 6.17 Å². The standard InChI is InChI=1S/C8H14FI/c1-5(2)6-3-4-7(10)8(6)9/h5-8H,3-4H2,1-2H3/t6?,7?,8-/m0/s1. The quantitative estimate of drug-likeness (QED) is 0.499. The summed E-state index contributed by atoms with van der Waals surface area (Å²) in [5.74, 6) is 0.858. The van der Waals surface area contributed by atoms with Crippen molar-refractivity contribution in [1.29, 1.82) is 0 Å². The Balaban J connectivity index is 2.49. The second-order valence-corrected chi connectivity index (χ2v) is 5.05. The van der Waals surface area contributed by atoms with E-state index in [4.69, 9.17) is 0 Å². The van der Waals surface area contributed by atoms with E-state index in [9.17, 15) is 4.39 Å². The van der Waals surface area contributed by atoms with E-state index >= 15 is 0 Å². The van der Waals surface area contributed by atoms with Gasteiger partial charge in [-0.25, -0.2) is 4.39 Å². The van der Waals surface area contributed by atoms with Gasteiger partial charge in [0.1, 0.15) is 6.17 Å². The van der Waals surface area contributed by atoms with Gasteiger partial charge in [-0.2, -0.15) is 0 Å². The maximum Gasteiger partial charge on any atom is 0.115 e. The highest BCUT2D eigenvalue weighted by Gasteiger charge is 2.35. The third-order valence-electron chi connectivity index (χ3n) is 2.39. The van der Waals surface area contributed by atoms with Gasteiger partial charge in [0.15, 0.2) is 0 Å². The van der Waals surface area contributed by atoms with Gasteiger partial charge in [0.25, 0.3) is 0 Å². The smallest absolute Gasteiger partial charge is 0.115 e. The van der Waals surface area contributed by atoms with Crippen LogP contribution in [0.3, 0.4) is 0 Å². The summed E-state index contributed by atoms with van der Waals surface area (Å²) in [5, 5.41) is 0. The number of halogens is 2. The fourth-order valence-corrected chi connectivity index (χ4v) is 2.53. The summed E-state index contributed by atoms with van der Waals surface area (Å²) in [5.41, 5.74) is 0. The van der Waals surface area contributed by atoms with Crippen molar-refractivity contribution in [3.63, 3.8) is 0 Å². The van der Waals surface area contributed by atoms with E-state index in [2.05, 4.69) is 36.4 Å². The fourth-order valence-electron chi connectivity index (χ4n) is 1.64. The molecule has 0 aliphatic heterocycles. The van der Waals surface area contributed by atoms with Crippen LogP contribution in [0.4, 0.5) is 4.39 Å². The Kier molecular flexibility index (Phi) is 2.95. The SMILES string of the molecule is CC(C)C1CCC(I)[C@H]1F.